The van der Waals surface area contributed by atoms with Crippen LogP contribution in [0.5, 0.6) is 5.88 Å². The number of ether oxygens (including phenoxy) is 1. The molecule has 0 amide bonds. The largest absolute Gasteiger partial charge is 0.469 e. The molecule has 2 fully saturated rings. The minimum atomic E-state index is -0.433. The summed E-state index contributed by atoms with van der Waals surface area (Å²) in [4.78, 5) is 19.6. The maximum atomic E-state index is 11.8. The zero-order valence-corrected chi connectivity index (χ0v) is 16.7. The summed E-state index contributed by atoms with van der Waals surface area (Å²) >= 11 is 0. The number of hydrogen-bond donors (Lipinski definition) is 2. The number of rotatable bonds is 5. The van der Waals surface area contributed by atoms with Gasteiger partial charge in [0.05, 0.1) is 4.92 Å². The van der Waals surface area contributed by atoms with E-state index >= 15 is 0 Å². The fourth-order valence-electron chi connectivity index (χ4n) is 4.68. The molecule has 1 aliphatic carbocycles. The molecule has 2 N–H and O–H groups in total. The molecule has 0 unspecified atom stereocenters. The molecule has 1 saturated carbocycles. The third-order valence-corrected chi connectivity index (χ3v) is 5.33. The van der Waals surface area contributed by atoms with Crippen LogP contribution in [-0.4, -0.2) is 38.1 Å². The maximum Gasteiger partial charge on any atom is 0.372 e. The van der Waals surface area contributed by atoms with Gasteiger partial charge >= 0.3 is 5.69 Å². The summed E-state index contributed by atoms with van der Waals surface area (Å²) in [6, 6.07) is 0.0763. The minimum Gasteiger partial charge on any atom is -0.469 e. The molecule has 2 heterocycles. The Morgan fingerprint density at radius 2 is 1.78 bits per heavy atom. The van der Waals surface area contributed by atoms with Gasteiger partial charge in [0.1, 0.15) is 12.4 Å². The Balaban J connectivity index is 1.82. The van der Waals surface area contributed by atoms with Crippen LogP contribution in [-0.2, 0) is 0 Å². The predicted molar refractivity (Wildman–Crippen MR) is 104 cm³/mol. The molecule has 8 nitrogen and oxygen atoms in total. The van der Waals surface area contributed by atoms with Gasteiger partial charge in [0.15, 0.2) is 0 Å². The Labute approximate surface area is 160 Å². The van der Waals surface area contributed by atoms with Crippen molar-refractivity contribution < 1.29 is 9.66 Å². The fraction of sp³-hybridized carbons (Fsp3) is 0.789. The van der Waals surface area contributed by atoms with E-state index in [1.54, 1.807) is 0 Å². The van der Waals surface area contributed by atoms with Crippen molar-refractivity contribution in [3.63, 3.8) is 0 Å². The number of nitro groups is 1. The Bertz CT molecular complexity index is 670. The van der Waals surface area contributed by atoms with E-state index in [0.29, 0.717) is 0 Å². The van der Waals surface area contributed by atoms with E-state index in [0.717, 1.165) is 38.5 Å². The fourth-order valence-corrected chi connectivity index (χ4v) is 4.68. The Morgan fingerprint density at radius 1 is 1.15 bits per heavy atom. The summed E-state index contributed by atoms with van der Waals surface area (Å²) in [5, 5.41) is 18.7. The van der Waals surface area contributed by atoms with Crippen LogP contribution in [0.1, 0.15) is 72.6 Å². The molecule has 0 radical (unpaired) electrons. The molecule has 27 heavy (non-hydrogen) atoms. The van der Waals surface area contributed by atoms with Gasteiger partial charge in [-0.2, -0.15) is 4.98 Å². The molecule has 1 aromatic heterocycles. The highest BCUT2D eigenvalue weighted by Gasteiger charge is 2.39. The highest BCUT2D eigenvalue weighted by Crippen LogP contribution is 2.36. The van der Waals surface area contributed by atoms with Crippen molar-refractivity contribution in [3.8, 4) is 5.88 Å². The molecule has 0 spiro atoms. The molecular formula is C19H31N5O3. The van der Waals surface area contributed by atoms with Crippen LogP contribution in [0.15, 0.2) is 6.33 Å². The zero-order chi connectivity index (χ0) is 19.7. The van der Waals surface area contributed by atoms with Crippen molar-refractivity contribution in [3.05, 3.63) is 16.4 Å². The Hall–Kier alpha value is -1.96. The molecule has 0 aromatic carbocycles. The standard InChI is InChI=1S/C19H31N5O3/c1-18(2)10-13(11-19(3,4)23-18)22-16-15(24(25)26)17(21-12-20-16)27-14-8-6-5-7-9-14/h12-14,23H,5-11H2,1-4H3,(H,20,21,22). The van der Waals surface area contributed by atoms with E-state index in [9.17, 15) is 10.1 Å². The van der Waals surface area contributed by atoms with Crippen LogP contribution in [0.2, 0.25) is 0 Å². The molecule has 8 heteroatoms. The first-order valence-corrected chi connectivity index (χ1v) is 9.87. The van der Waals surface area contributed by atoms with Gasteiger partial charge in [-0.15, -0.1) is 0 Å². The second-order valence-corrected chi connectivity index (χ2v) is 9.15. The van der Waals surface area contributed by atoms with Gasteiger partial charge < -0.3 is 15.4 Å². The van der Waals surface area contributed by atoms with E-state index in [2.05, 4.69) is 48.3 Å². The average Bonchev–Trinajstić information content (AvgIpc) is 2.52. The van der Waals surface area contributed by atoms with Crippen molar-refractivity contribution in [2.24, 2.45) is 0 Å². The molecule has 0 bridgehead atoms. The molecule has 1 saturated heterocycles. The molecule has 1 aromatic rings. The van der Waals surface area contributed by atoms with Crippen LogP contribution in [0, 0.1) is 10.1 Å². The predicted octanol–water partition coefficient (Wildman–Crippen LogP) is 3.82. The third kappa shape index (κ3) is 5.06. The first-order valence-electron chi connectivity index (χ1n) is 9.87. The summed E-state index contributed by atoms with van der Waals surface area (Å²) in [6.45, 7) is 8.59. The SMILES string of the molecule is CC1(C)CC(Nc2ncnc(OC3CCCCC3)c2[N+](=O)[O-])CC(C)(C)N1. The Kier molecular flexibility index (Phi) is 5.55. The lowest BCUT2D eigenvalue weighted by Crippen LogP contribution is -2.60. The van der Waals surface area contributed by atoms with Gasteiger partial charge in [0.2, 0.25) is 5.82 Å². The van der Waals surface area contributed by atoms with Gasteiger partial charge in [0.25, 0.3) is 5.88 Å². The summed E-state index contributed by atoms with van der Waals surface area (Å²) < 4.78 is 5.91. The van der Waals surface area contributed by atoms with E-state index < -0.39 is 4.92 Å². The quantitative estimate of drug-likeness (QED) is 0.594. The monoisotopic (exact) mass is 377 g/mol. The summed E-state index contributed by atoms with van der Waals surface area (Å²) in [5.41, 5.74) is -0.289. The summed E-state index contributed by atoms with van der Waals surface area (Å²) in [5.74, 6) is 0.330. The smallest absolute Gasteiger partial charge is 0.372 e. The van der Waals surface area contributed by atoms with Gasteiger partial charge in [-0.1, -0.05) is 6.42 Å². The molecule has 2 aliphatic rings. The van der Waals surface area contributed by atoms with Crippen molar-refractivity contribution in [1.82, 2.24) is 15.3 Å². The van der Waals surface area contributed by atoms with Crippen LogP contribution in [0.3, 0.4) is 0 Å². The second kappa shape index (κ2) is 7.58. The van der Waals surface area contributed by atoms with Gasteiger partial charge in [-0.05, 0) is 66.2 Å². The van der Waals surface area contributed by atoms with Crippen LogP contribution < -0.4 is 15.4 Å². The lowest BCUT2D eigenvalue weighted by molar-refractivity contribution is -0.385. The van der Waals surface area contributed by atoms with E-state index in [-0.39, 0.29) is 40.6 Å². The number of anilines is 1. The lowest BCUT2D eigenvalue weighted by Gasteiger charge is -2.46. The number of hydrogen-bond acceptors (Lipinski definition) is 7. The van der Waals surface area contributed by atoms with Crippen LogP contribution >= 0.6 is 0 Å². The zero-order valence-electron chi connectivity index (χ0n) is 16.7. The first-order chi connectivity index (χ1) is 12.7. The van der Waals surface area contributed by atoms with Gasteiger partial charge in [-0.25, -0.2) is 4.98 Å². The minimum absolute atomic E-state index is 0.00283. The van der Waals surface area contributed by atoms with Crippen molar-refractivity contribution in [2.75, 3.05) is 5.32 Å². The Morgan fingerprint density at radius 3 is 2.37 bits per heavy atom. The maximum absolute atomic E-state index is 11.8. The number of nitrogens with one attached hydrogen (secondary N) is 2. The summed E-state index contributed by atoms with van der Waals surface area (Å²) in [7, 11) is 0. The molecule has 0 atom stereocenters. The van der Waals surface area contributed by atoms with E-state index in [4.69, 9.17) is 4.74 Å². The van der Waals surface area contributed by atoms with Crippen LogP contribution in [0.25, 0.3) is 0 Å². The van der Waals surface area contributed by atoms with E-state index in [1.807, 2.05) is 0 Å². The highest BCUT2D eigenvalue weighted by molar-refractivity contribution is 5.61. The number of aromatic nitrogens is 2. The lowest BCUT2D eigenvalue weighted by atomic mass is 9.79. The normalized spacial score (nSPS) is 23.0. The van der Waals surface area contributed by atoms with Crippen molar-refractivity contribution in [2.45, 2.75) is 95.9 Å². The third-order valence-electron chi connectivity index (χ3n) is 5.33. The van der Waals surface area contributed by atoms with Gasteiger partial charge in [-0.3, -0.25) is 10.1 Å². The second-order valence-electron chi connectivity index (χ2n) is 9.15. The van der Waals surface area contributed by atoms with Crippen molar-refractivity contribution >= 4 is 11.5 Å². The first kappa shape index (κ1) is 19.8. The van der Waals surface area contributed by atoms with Gasteiger partial charge in [0, 0.05) is 17.1 Å². The molecular weight excluding hydrogens is 346 g/mol. The van der Waals surface area contributed by atoms with Crippen molar-refractivity contribution in [1.29, 1.82) is 0 Å². The molecule has 1 aliphatic heterocycles. The van der Waals surface area contributed by atoms with Crippen LogP contribution in [0.4, 0.5) is 11.5 Å². The molecule has 150 valence electrons. The average molecular weight is 377 g/mol. The number of piperidine rings is 1. The number of nitrogens with zero attached hydrogens (tertiary/aromatic N) is 3. The highest BCUT2D eigenvalue weighted by atomic mass is 16.6. The van der Waals surface area contributed by atoms with E-state index in [1.165, 1.54) is 12.7 Å². The topological polar surface area (TPSA) is 102 Å². The molecule has 3 rings (SSSR count). The summed E-state index contributed by atoms with van der Waals surface area (Å²) in [6.07, 6.45) is 8.25.